The second kappa shape index (κ2) is 4.68. The van der Waals surface area contributed by atoms with E-state index in [0.29, 0.717) is 12.1 Å². The highest BCUT2D eigenvalue weighted by Crippen LogP contribution is 2.00. The minimum Gasteiger partial charge on any atom is -0.465 e. The molecule has 0 spiro atoms. The molecule has 0 unspecified atom stereocenters. The van der Waals surface area contributed by atoms with E-state index in [2.05, 4.69) is 11.3 Å². The van der Waals surface area contributed by atoms with Crippen LogP contribution in [0, 0.1) is 0 Å². The summed E-state index contributed by atoms with van der Waals surface area (Å²) in [4.78, 5) is 10.8. The molecule has 3 nitrogen and oxygen atoms in total. The summed E-state index contributed by atoms with van der Waals surface area (Å²) in [6.07, 6.45) is 1.62. The van der Waals surface area contributed by atoms with Crippen molar-refractivity contribution in [2.45, 2.75) is 6.92 Å². The molecule has 0 saturated carbocycles. The summed E-state index contributed by atoms with van der Waals surface area (Å²) in [7, 11) is 1.32. The Hall–Kier alpha value is -1.09. The fourth-order valence-corrected chi connectivity index (χ4v) is 0.546. The molecular formula is C8H13NO2. The molecule has 0 aliphatic rings. The van der Waals surface area contributed by atoms with Crippen LogP contribution in [0.2, 0.25) is 0 Å². The Labute approximate surface area is 66.5 Å². The minimum atomic E-state index is -0.419. The molecule has 0 aliphatic carbocycles. The minimum absolute atomic E-state index is 0.329. The van der Waals surface area contributed by atoms with Crippen LogP contribution in [-0.4, -0.2) is 19.6 Å². The molecule has 62 valence electrons. The van der Waals surface area contributed by atoms with Gasteiger partial charge in [-0.1, -0.05) is 12.2 Å². The zero-order valence-electron chi connectivity index (χ0n) is 6.89. The number of rotatable bonds is 3. The first-order valence-corrected chi connectivity index (χ1v) is 3.26. The smallest absolute Gasteiger partial charge is 0.337 e. The molecule has 0 fully saturated rings. The van der Waals surface area contributed by atoms with Gasteiger partial charge < -0.3 is 10.5 Å². The molecule has 0 aromatic rings. The quantitative estimate of drug-likeness (QED) is 0.369. The Morgan fingerprint density at radius 1 is 1.73 bits per heavy atom. The van der Waals surface area contributed by atoms with Crippen LogP contribution in [0.5, 0.6) is 0 Å². The summed E-state index contributed by atoms with van der Waals surface area (Å²) in [5, 5.41) is 0. The molecule has 0 heterocycles. The molecule has 0 saturated heterocycles. The van der Waals surface area contributed by atoms with Gasteiger partial charge in [0.15, 0.2) is 0 Å². The van der Waals surface area contributed by atoms with Crippen molar-refractivity contribution in [3.05, 3.63) is 23.8 Å². The fraction of sp³-hybridized carbons (Fsp3) is 0.375. The third-order valence-electron chi connectivity index (χ3n) is 1.19. The number of carbonyl (C=O) groups excluding carboxylic acids is 1. The zero-order valence-corrected chi connectivity index (χ0v) is 6.89. The van der Waals surface area contributed by atoms with Gasteiger partial charge in [0, 0.05) is 6.54 Å². The molecule has 3 heteroatoms. The van der Waals surface area contributed by atoms with Crippen LogP contribution in [0.4, 0.5) is 0 Å². The lowest BCUT2D eigenvalue weighted by molar-refractivity contribution is -0.135. The average Bonchev–Trinajstić information content (AvgIpc) is 2.02. The van der Waals surface area contributed by atoms with Crippen molar-refractivity contribution in [1.29, 1.82) is 0 Å². The number of methoxy groups -OCH3 is 1. The summed E-state index contributed by atoms with van der Waals surface area (Å²) < 4.78 is 4.43. The third kappa shape index (κ3) is 3.57. The summed E-state index contributed by atoms with van der Waals surface area (Å²) in [6.45, 7) is 5.76. The lowest BCUT2D eigenvalue weighted by Crippen LogP contribution is -2.05. The van der Waals surface area contributed by atoms with E-state index in [1.54, 1.807) is 6.08 Å². The predicted octanol–water partition coefficient (Wildman–Crippen LogP) is 0.621. The van der Waals surface area contributed by atoms with Crippen molar-refractivity contribution in [1.82, 2.24) is 0 Å². The van der Waals surface area contributed by atoms with E-state index in [1.165, 1.54) is 7.11 Å². The standard InChI is InChI=1S/C8H13NO2/c1-6(5-9)4-7(2)8(10)11-3/h4H,2,5,9H2,1,3H3. The van der Waals surface area contributed by atoms with E-state index in [4.69, 9.17) is 5.73 Å². The van der Waals surface area contributed by atoms with Crippen molar-refractivity contribution in [2.24, 2.45) is 5.73 Å². The Kier molecular flexibility index (Phi) is 4.22. The number of hydrogen-bond acceptors (Lipinski definition) is 3. The average molecular weight is 155 g/mol. The van der Waals surface area contributed by atoms with E-state index >= 15 is 0 Å². The molecule has 2 N–H and O–H groups in total. The molecule has 0 aromatic carbocycles. The second-order valence-corrected chi connectivity index (χ2v) is 2.21. The van der Waals surface area contributed by atoms with Gasteiger partial charge in [0.2, 0.25) is 0 Å². The molecule has 0 bridgehead atoms. The van der Waals surface area contributed by atoms with Crippen molar-refractivity contribution >= 4 is 5.97 Å². The van der Waals surface area contributed by atoms with E-state index in [1.807, 2.05) is 6.92 Å². The highest BCUT2D eigenvalue weighted by molar-refractivity contribution is 5.90. The Balaban J connectivity index is 4.17. The van der Waals surface area contributed by atoms with Crippen LogP contribution < -0.4 is 5.73 Å². The van der Waals surface area contributed by atoms with Crippen LogP contribution in [0.3, 0.4) is 0 Å². The first-order chi connectivity index (χ1) is 5.11. The first kappa shape index (κ1) is 9.91. The van der Waals surface area contributed by atoms with Crippen LogP contribution in [0.1, 0.15) is 6.92 Å². The predicted molar refractivity (Wildman–Crippen MR) is 44.0 cm³/mol. The first-order valence-electron chi connectivity index (χ1n) is 3.26. The fourth-order valence-electron chi connectivity index (χ4n) is 0.546. The maximum absolute atomic E-state index is 10.8. The number of esters is 1. The Morgan fingerprint density at radius 2 is 2.27 bits per heavy atom. The van der Waals surface area contributed by atoms with Crippen LogP contribution >= 0.6 is 0 Å². The maximum atomic E-state index is 10.8. The van der Waals surface area contributed by atoms with Crippen LogP contribution in [0.15, 0.2) is 23.8 Å². The van der Waals surface area contributed by atoms with Crippen LogP contribution in [-0.2, 0) is 9.53 Å². The maximum Gasteiger partial charge on any atom is 0.337 e. The topological polar surface area (TPSA) is 52.3 Å². The lowest BCUT2D eigenvalue weighted by Gasteiger charge is -1.98. The van der Waals surface area contributed by atoms with Crippen molar-refractivity contribution in [3.63, 3.8) is 0 Å². The molecule has 11 heavy (non-hydrogen) atoms. The molecule has 0 aromatic heterocycles. The monoisotopic (exact) mass is 155 g/mol. The number of ether oxygens (including phenoxy) is 1. The van der Waals surface area contributed by atoms with Gasteiger partial charge in [-0.15, -0.1) is 0 Å². The van der Waals surface area contributed by atoms with Gasteiger partial charge in [-0.2, -0.15) is 0 Å². The van der Waals surface area contributed by atoms with Gasteiger partial charge in [-0.25, -0.2) is 4.79 Å². The van der Waals surface area contributed by atoms with E-state index < -0.39 is 5.97 Å². The summed E-state index contributed by atoms with van der Waals surface area (Å²) in [5.41, 5.74) is 6.53. The van der Waals surface area contributed by atoms with Crippen molar-refractivity contribution in [2.75, 3.05) is 13.7 Å². The van der Waals surface area contributed by atoms with Crippen molar-refractivity contribution in [3.8, 4) is 0 Å². The SMILES string of the molecule is C=C(C=C(C)CN)C(=O)OC. The third-order valence-corrected chi connectivity index (χ3v) is 1.19. The summed E-state index contributed by atoms with van der Waals surface area (Å²) >= 11 is 0. The van der Waals surface area contributed by atoms with Crippen LogP contribution in [0.25, 0.3) is 0 Å². The molecular weight excluding hydrogens is 142 g/mol. The zero-order chi connectivity index (χ0) is 8.85. The van der Waals surface area contributed by atoms with Gasteiger partial charge in [0.25, 0.3) is 0 Å². The highest BCUT2D eigenvalue weighted by Gasteiger charge is 2.01. The van der Waals surface area contributed by atoms with Gasteiger partial charge in [-0.05, 0) is 13.0 Å². The van der Waals surface area contributed by atoms with Gasteiger partial charge in [0.1, 0.15) is 0 Å². The summed E-state index contributed by atoms with van der Waals surface area (Å²) in [6, 6.07) is 0. The molecule has 0 amide bonds. The number of carbonyl (C=O) groups is 1. The number of hydrogen-bond donors (Lipinski definition) is 1. The van der Waals surface area contributed by atoms with E-state index in [-0.39, 0.29) is 0 Å². The molecule has 0 atom stereocenters. The molecule has 0 rings (SSSR count). The second-order valence-electron chi connectivity index (χ2n) is 2.21. The highest BCUT2D eigenvalue weighted by atomic mass is 16.5. The van der Waals surface area contributed by atoms with Gasteiger partial charge in [0.05, 0.1) is 12.7 Å². The molecule has 0 radical (unpaired) electrons. The summed E-state index contributed by atoms with van der Waals surface area (Å²) in [5.74, 6) is -0.419. The van der Waals surface area contributed by atoms with Crippen molar-refractivity contribution < 1.29 is 9.53 Å². The Morgan fingerprint density at radius 3 is 2.64 bits per heavy atom. The van der Waals surface area contributed by atoms with E-state index in [9.17, 15) is 4.79 Å². The normalized spacial score (nSPS) is 11.0. The van der Waals surface area contributed by atoms with Gasteiger partial charge >= 0.3 is 5.97 Å². The van der Waals surface area contributed by atoms with E-state index in [0.717, 1.165) is 5.57 Å². The largest absolute Gasteiger partial charge is 0.465 e. The Bertz CT molecular complexity index is 194. The lowest BCUT2D eigenvalue weighted by atomic mass is 10.2. The van der Waals surface area contributed by atoms with Gasteiger partial charge in [-0.3, -0.25) is 0 Å². The molecule has 0 aliphatic heterocycles. The number of nitrogens with two attached hydrogens (primary N) is 1.